The van der Waals surface area contributed by atoms with Crippen molar-refractivity contribution in [2.24, 2.45) is 5.92 Å². The summed E-state index contributed by atoms with van der Waals surface area (Å²) in [6.45, 7) is 11.0. The Morgan fingerprint density at radius 2 is 1.58 bits per heavy atom. The molecule has 0 aromatic heterocycles. The van der Waals surface area contributed by atoms with Crippen LogP contribution in [0.4, 0.5) is 0 Å². The molecule has 2 aromatic rings. The second-order valence-electron chi connectivity index (χ2n) is 9.82. The molecule has 1 aliphatic carbocycles. The molecule has 0 saturated heterocycles. The van der Waals surface area contributed by atoms with Gasteiger partial charge in [0.05, 0.1) is 0 Å². The molecule has 172 valence electrons. The Kier molecular flexibility index (Phi) is 8.04. The number of hydrogen-bond donors (Lipinski definition) is 0. The molecule has 0 spiro atoms. The zero-order valence-electron chi connectivity index (χ0n) is 20.0. The van der Waals surface area contributed by atoms with Crippen LogP contribution in [0.25, 0.3) is 5.53 Å². The van der Waals surface area contributed by atoms with E-state index in [-0.39, 0.29) is 11.0 Å². The van der Waals surface area contributed by atoms with E-state index in [4.69, 9.17) is 10.3 Å². The second-order valence-corrected chi connectivity index (χ2v) is 14.5. The van der Waals surface area contributed by atoms with E-state index in [0.717, 1.165) is 37.1 Å². The summed E-state index contributed by atoms with van der Waals surface area (Å²) in [5, 5.41) is 3.30. The highest BCUT2D eigenvalue weighted by Crippen LogP contribution is 2.44. The van der Waals surface area contributed by atoms with Gasteiger partial charge in [0.2, 0.25) is 0 Å². The molecule has 0 heterocycles. The average molecular weight is 459 g/mol. The van der Waals surface area contributed by atoms with Crippen LogP contribution >= 0.6 is 0 Å². The Bertz CT molecular complexity index is 1000. The number of carbonyl (C=O) groups is 1. The van der Waals surface area contributed by atoms with E-state index in [9.17, 15) is 4.79 Å². The lowest BCUT2D eigenvalue weighted by molar-refractivity contribution is -0.144. The Hall–Kier alpha value is -2.97. The highest BCUT2D eigenvalue weighted by atomic mass is 28.3. The predicted molar refractivity (Wildman–Crippen MR) is 136 cm³/mol. The first-order valence-corrected chi connectivity index (χ1v) is 13.8. The zero-order chi connectivity index (χ0) is 23.9. The fourth-order valence-electron chi connectivity index (χ4n) is 5.60. The van der Waals surface area contributed by atoms with Crippen LogP contribution in [0.3, 0.4) is 0 Å². The molecule has 1 saturated carbocycles. The molecule has 0 radical (unpaired) electrons. The Morgan fingerprint density at radius 3 is 2.00 bits per heavy atom. The summed E-state index contributed by atoms with van der Waals surface area (Å²) in [7, 11) is -2.76. The molecule has 0 bridgehead atoms. The molecule has 1 atom stereocenters. The average Bonchev–Trinajstić information content (AvgIpc) is 2.82. The first kappa shape index (κ1) is 24.7. The molecule has 3 rings (SSSR count). The van der Waals surface area contributed by atoms with Gasteiger partial charge in [-0.15, -0.1) is 5.73 Å². The summed E-state index contributed by atoms with van der Waals surface area (Å²) in [5.74, 6) is -0.459. The van der Waals surface area contributed by atoms with Crippen molar-refractivity contribution in [2.75, 3.05) is 0 Å². The third-order valence-corrected chi connectivity index (χ3v) is 12.8. The van der Waals surface area contributed by atoms with Crippen LogP contribution in [-0.2, 0) is 9.53 Å². The highest BCUT2D eigenvalue weighted by molar-refractivity contribution is 7.09. The van der Waals surface area contributed by atoms with E-state index in [1.54, 1.807) is 0 Å². The van der Waals surface area contributed by atoms with Crippen molar-refractivity contribution < 1.29 is 14.3 Å². The SMILES string of the molecule is C=C=C(C(OC(=O)C=[N+]=[N-])C1CCCCC1)[Si](c1ccccc1)(c1ccccc1)C(C)(C)C. The van der Waals surface area contributed by atoms with Crippen molar-refractivity contribution in [1.29, 1.82) is 0 Å². The molecule has 0 N–H and O–H groups in total. The molecular formula is C28H34N2O2Si. The van der Waals surface area contributed by atoms with Gasteiger partial charge in [0.25, 0.3) is 0 Å². The maximum atomic E-state index is 12.6. The van der Waals surface area contributed by atoms with Crippen molar-refractivity contribution >= 4 is 30.6 Å². The molecule has 2 aromatic carbocycles. The normalized spacial score (nSPS) is 15.6. The van der Waals surface area contributed by atoms with Crippen molar-refractivity contribution in [3.63, 3.8) is 0 Å². The van der Waals surface area contributed by atoms with Crippen LogP contribution in [-0.4, -0.2) is 31.2 Å². The third kappa shape index (κ3) is 5.01. The predicted octanol–water partition coefficient (Wildman–Crippen LogP) is 5.09. The van der Waals surface area contributed by atoms with Gasteiger partial charge in [-0.3, -0.25) is 0 Å². The maximum Gasteiger partial charge on any atom is 0.414 e. The molecule has 1 fully saturated rings. The first-order chi connectivity index (χ1) is 15.9. The minimum absolute atomic E-state index is 0.167. The summed E-state index contributed by atoms with van der Waals surface area (Å²) in [5.41, 5.74) is 12.3. The Morgan fingerprint density at radius 1 is 1.06 bits per heavy atom. The monoisotopic (exact) mass is 458 g/mol. The number of rotatable bonds is 7. The maximum absolute atomic E-state index is 12.6. The molecule has 1 aliphatic rings. The minimum Gasteiger partial charge on any atom is -0.449 e. The summed E-state index contributed by atoms with van der Waals surface area (Å²) >= 11 is 0. The number of benzene rings is 2. The summed E-state index contributed by atoms with van der Waals surface area (Å²) in [6.07, 6.45) is 5.74. The van der Waals surface area contributed by atoms with Crippen LogP contribution in [0.2, 0.25) is 5.04 Å². The van der Waals surface area contributed by atoms with E-state index >= 15 is 0 Å². The number of esters is 1. The standard InChI is InChI=1S/C28H34N2O2Si/c1-5-25(27(32-26(31)21-30-29)22-15-9-6-10-16-22)33(28(2,3)4,23-17-11-7-12-18-23)24-19-13-8-14-20-24/h7-8,11-14,17-22,27H,1,6,9-10,15-16H2,2-4H3. The van der Waals surface area contributed by atoms with E-state index in [1.165, 1.54) is 16.8 Å². The topological polar surface area (TPSA) is 62.7 Å². The zero-order valence-corrected chi connectivity index (χ0v) is 21.0. The summed E-state index contributed by atoms with van der Waals surface area (Å²) < 4.78 is 6.07. The van der Waals surface area contributed by atoms with Crippen LogP contribution in [0.15, 0.2) is 78.2 Å². The largest absolute Gasteiger partial charge is 0.449 e. The lowest BCUT2D eigenvalue weighted by atomic mass is 9.85. The van der Waals surface area contributed by atoms with E-state index in [0.29, 0.717) is 0 Å². The van der Waals surface area contributed by atoms with Crippen molar-refractivity contribution in [3.05, 3.63) is 83.7 Å². The Labute approximate surface area is 198 Å². The highest BCUT2D eigenvalue weighted by Gasteiger charge is 2.54. The smallest absolute Gasteiger partial charge is 0.414 e. The quantitative estimate of drug-likeness (QED) is 0.145. The first-order valence-electron chi connectivity index (χ1n) is 11.8. The molecule has 5 heteroatoms. The van der Waals surface area contributed by atoms with Crippen LogP contribution < -0.4 is 10.4 Å². The lowest BCUT2D eigenvalue weighted by Crippen LogP contribution is -2.68. The van der Waals surface area contributed by atoms with E-state index in [2.05, 4.69) is 86.4 Å². The number of carbonyl (C=O) groups excluding carboxylic acids is 1. The number of nitrogens with zero attached hydrogens (tertiary/aromatic N) is 2. The molecule has 4 nitrogen and oxygen atoms in total. The fraction of sp³-hybridized carbons (Fsp3) is 0.393. The number of hydrogen-bond acceptors (Lipinski definition) is 2. The van der Waals surface area contributed by atoms with Gasteiger partial charge in [0.1, 0.15) is 6.10 Å². The molecule has 0 aliphatic heterocycles. The number of ether oxygens (including phenoxy) is 1. The van der Waals surface area contributed by atoms with Crippen LogP contribution in [0, 0.1) is 5.92 Å². The van der Waals surface area contributed by atoms with Gasteiger partial charge in [-0.1, -0.05) is 107 Å². The van der Waals surface area contributed by atoms with Gasteiger partial charge in [0.15, 0.2) is 8.07 Å². The van der Waals surface area contributed by atoms with Crippen LogP contribution in [0.1, 0.15) is 52.9 Å². The molecule has 1 unspecified atom stereocenters. The fourth-order valence-corrected chi connectivity index (χ4v) is 11.5. The second kappa shape index (κ2) is 10.8. The molecule has 33 heavy (non-hydrogen) atoms. The van der Waals surface area contributed by atoms with Gasteiger partial charge in [0, 0.05) is 11.1 Å². The van der Waals surface area contributed by atoms with Gasteiger partial charge >= 0.3 is 12.2 Å². The van der Waals surface area contributed by atoms with Crippen LogP contribution in [0.5, 0.6) is 0 Å². The molecule has 0 amide bonds. The van der Waals surface area contributed by atoms with Gasteiger partial charge in [-0.05, 0) is 28.3 Å². The van der Waals surface area contributed by atoms with Crippen molar-refractivity contribution in [2.45, 2.75) is 64.0 Å². The minimum atomic E-state index is -2.76. The molecular weight excluding hydrogens is 424 g/mol. The van der Waals surface area contributed by atoms with Gasteiger partial charge < -0.3 is 10.3 Å². The Balaban J connectivity index is 2.32. The van der Waals surface area contributed by atoms with Crippen molar-refractivity contribution in [3.8, 4) is 0 Å². The van der Waals surface area contributed by atoms with E-state index < -0.39 is 20.1 Å². The lowest BCUT2D eigenvalue weighted by Gasteiger charge is -2.48. The van der Waals surface area contributed by atoms with Gasteiger partial charge in [-0.2, -0.15) is 4.79 Å². The van der Waals surface area contributed by atoms with Gasteiger partial charge in [-0.25, -0.2) is 4.79 Å². The summed E-state index contributed by atoms with van der Waals surface area (Å²) in [4.78, 5) is 15.5. The van der Waals surface area contributed by atoms with Crippen molar-refractivity contribution in [1.82, 2.24) is 0 Å². The van der Waals surface area contributed by atoms with E-state index in [1.807, 2.05) is 12.1 Å². The third-order valence-electron chi connectivity index (χ3n) is 6.90. The summed E-state index contributed by atoms with van der Waals surface area (Å²) in [6, 6.07) is 21.1.